The van der Waals surface area contributed by atoms with Crippen LogP contribution in [0.2, 0.25) is 18.1 Å². The Hall–Kier alpha value is -1.29. The normalized spacial score (nSPS) is 12.3. The van der Waals surface area contributed by atoms with Gasteiger partial charge in [0.05, 0.1) is 0 Å². The summed E-state index contributed by atoms with van der Waals surface area (Å²) in [6.45, 7) is 10.9. The van der Waals surface area contributed by atoms with Crippen molar-refractivity contribution >= 4 is 14.2 Å². The van der Waals surface area contributed by atoms with Crippen LogP contribution in [0.4, 0.5) is 0 Å². The van der Waals surface area contributed by atoms with E-state index >= 15 is 0 Å². The molecule has 1 rings (SSSR count). The van der Waals surface area contributed by atoms with Crippen molar-refractivity contribution in [3.05, 3.63) is 29.8 Å². The fraction of sp³-hybridized carbons (Fsp3) is 0.462. The highest BCUT2D eigenvalue weighted by Gasteiger charge is 2.38. The summed E-state index contributed by atoms with van der Waals surface area (Å²) in [7, 11) is -1.86. The number of hydrogen-bond donors (Lipinski definition) is 1. The van der Waals surface area contributed by atoms with E-state index in [0.717, 1.165) is 5.75 Å². The maximum atomic E-state index is 11.1. The van der Waals surface area contributed by atoms with E-state index in [9.17, 15) is 4.79 Å². The van der Waals surface area contributed by atoms with Crippen LogP contribution in [0.25, 0.3) is 0 Å². The number of carbonyl (C=O) groups is 1. The molecule has 0 radical (unpaired) electrons. The van der Waals surface area contributed by atoms with E-state index in [4.69, 9.17) is 10.2 Å². The Morgan fingerprint density at radius 1 is 1.29 bits per heavy atom. The van der Waals surface area contributed by atoms with Crippen LogP contribution in [0.1, 0.15) is 31.1 Å². The first-order valence-electron chi connectivity index (χ1n) is 5.72. The number of hydrogen-bond acceptors (Lipinski definition) is 2. The molecular weight excluding hydrogens is 230 g/mol. The molecule has 2 N–H and O–H groups in total. The number of carbonyl (C=O) groups excluding carboxylic acids is 1. The van der Waals surface area contributed by atoms with E-state index in [0.29, 0.717) is 5.56 Å². The molecule has 0 fully saturated rings. The van der Waals surface area contributed by atoms with E-state index in [2.05, 4.69) is 33.9 Å². The Morgan fingerprint density at radius 2 is 1.88 bits per heavy atom. The number of nitrogens with two attached hydrogens (primary N) is 1. The van der Waals surface area contributed by atoms with Gasteiger partial charge in [-0.25, -0.2) is 0 Å². The summed E-state index contributed by atoms with van der Waals surface area (Å²) in [6, 6.07) is 7.07. The number of amides is 1. The highest BCUT2D eigenvalue weighted by Crippen LogP contribution is 2.37. The first-order valence-corrected chi connectivity index (χ1v) is 8.63. The van der Waals surface area contributed by atoms with Gasteiger partial charge in [-0.15, -0.1) is 0 Å². The molecule has 0 aliphatic carbocycles. The largest absolute Gasteiger partial charge is 0.543 e. The molecule has 0 saturated heterocycles. The molecule has 0 spiro atoms. The minimum atomic E-state index is -1.86. The van der Waals surface area contributed by atoms with Crippen molar-refractivity contribution < 1.29 is 9.22 Å². The van der Waals surface area contributed by atoms with Gasteiger partial charge in [-0.3, -0.25) is 4.79 Å². The van der Waals surface area contributed by atoms with Crippen molar-refractivity contribution in [1.29, 1.82) is 0 Å². The zero-order chi connectivity index (χ0) is 13.3. The summed E-state index contributed by atoms with van der Waals surface area (Å²) in [6.07, 6.45) is 0. The standard InChI is InChI=1S/C13H21NO2Si/c1-13(2,3)17(4,5)16-11-8-6-7-10(9-11)12(14)15/h6-9H,1-5H3,(H2,14,15). The second-order valence-corrected chi connectivity index (χ2v) is 10.5. The molecule has 1 amide bonds. The molecule has 1 aromatic rings. The highest BCUT2D eigenvalue weighted by molar-refractivity contribution is 6.74. The Labute approximate surface area is 104 Å². The Balaban J connectivity index is 2.96. The lowest BCUT2D eigenvalue weighted by Gasteiger charge is -2.36. The van der Waals surface area contributed by atoms with Crippen LogP contribution >= 0.6 is 0 Å². The van der Waals surface area contributed by atoms with Gasteiger partial charge in [0, 0.05) is 5.56 Å². The number of primary amides is 1. The maximum absolute atomic E-state index is 11.1. The molecule has 0 unspecified atom stereocenters. The zero-order valence-corrected chi connectivity index (χ0v) is 12.2. The van der Waals surface area contributed by atoms with Crippen LogP contribution in [-0.4, -0.2) is 14.2 Å². The monoisotopic (exact) mass is 251 g/mol. The molecular formula is C13H21NO2Si. The van der Waals surface area contributed by atoms with Crippen molar-refractivity contribution in [2.75, 3.05) is 0 Å². The fourth-order valence-electron chi connectivity index (χ4n) is 1.16. The van der Waals surface area contributed by atoms with E-state index in [1.165, 1.54) is 0 Å². The van der Waals surface area contributed by atoms with Crippen molar-refractivity contribution in [2.24, 2.45) is 5.73 Å². The summed E-state index contributed by atoms with van der Waals surface area (Å²) >= 11 is 0. The predicted octanol–water partition coefficient (Wildman–Crippen LogP) is 3.17. The first-order chi connectivity index (χ1) is 7.63. The minimum absolute atomic E-state index is 0.135. The lowest BCUT2D eigenvalue weighted by molar-refractivity contribution is 0.1000. The summed E-state index contributed by atoms with van der Waals surface area (Å²) < 4.78 is 6.09. The van der Waals surface area contributed by atoms with Gasteiger partial charge in [-0.1, -0.05) is 26.8 Å². The van der Waals surface area contributed by atoms with E-state index in [1.54, 1.807) is 18.2 Å². The van der Waals surface area contributed by atoms with Gasteiger partial charge in [0.15, 0.2) is 0 Å². The molecule has 0 aliphatic heterocycles. The van der Waals surface area contributed by atoms with E-state index in [1.807, 2.05) is 6.07 Å². The summed E-state index contributed by atoms with van der Waals surface area (Å²) in [5, 5.41) is 0.135. The molecule has 0 heterocycles. The smallest absolute Gasteiger partial charge is 0.250 e. The number of rotatable bonds is 3. The van der Waals surface area contributed by atoms with Gasteiger partial charge < -0.3 is 10.2 Å². The van der Waals surface area contributed by atoms with Gasteiger partial charge >= 0.3 is 0 Å². The second kappa shape index (κ2) is 4.53. The summed E-state index contributed by atoms with van der Waals surface area (Å²) in [4.78, 5) is 11.1. The van der Waals surface area contributed by atoms with Crippen LogP contribution in [0.3, 0.4) is 0 Å². The average molecular weight is 251 g/mol. The van der Waals surface area contributed by atoms with Crippen molar-refractivity contribution in [2.45, 2.75) is 38.9 Å². The third-order valence-electron chi connectivity index (χ3n) is 3.30. The fourth-order valence-corrected chi connectivity index (χ4v) is 2.18. The maximum Gasteiger partial charge on any atom is 0.250 e. The molecule has 1 aromatic carbocycles. The Kier molecular flexibility index (Phi) is 3.67. The van der Waals surface area contributed by atoms with Crippen LogP contribution in [0.15, 0.2) is 24.3 Å². The second-order valence-electron chi connectivity index (χ2n) is 5.75. The topological polar surface area (TPSA) is 52.3 Å². The average Bonchev–Trinajstić information content (AvgIpc) is 2.15. The predicted molar refractivity (Wildman–Crippen MR) is 72.8 cm³/mol. The Morgan fingerprint density at radius 3 is 2.35 bits per heavy atom. The summed E-state index contributed by atoms with van der Waals surface area (Å²) in [5.74, 6) is 0.304. The highest BCUT2D eigenvalue weighted by atomic mass is 28.4. The molecule has 17 heavy (non-hydrogen) atoms. The third kappa shape index (κ3) is 3.33. The van der Waals surface area contributed by atoms with Gasteiger partial charge in [0.25, 0.3) is 0 Å². The van der Waals surface area contributed by atoms with Crippen LogP contribution in [-0.2, 0) is 0 Å². The van der Waals surface area contributed by atoms with Crippen LogP contribution in [0.5, 0.6) is 5.75 Å². The number of benzene rings is 1. The van der Waals surface area contributed by atoms with Gasteiger partial charge in [-0.05, 0) is 36.3 Å². The third-order valence-corrected chi connectivity index (χ3v) is 7.66. The lowest BCUT2D eigenvalue weighted by Crippen LogP contribution is -2.43. The SMILES string of the molecule is CC(C)(C)[Si](C)(C)Oc1cccc(C(N)=O)c1. The van der Waals surface area contributed by atoms with E-state index < -0.39 is 14.2 Å². The molecule has 94 valence electrons. The Bertz CT molecular complexity index is 422. The molecule has 0 atom stereocenters. The van der Waals surface area contributed by atoms with Crippen molar-refractivity contribution in [1.82, 2.24) is 0 Å². The van der Waals surface area contributed by atoms with Crippen LogP contribution < -0.4 is 10.2 Å². The molecule has 0 aliphatic rings. The molecule has 0 aromatic heterocycles. The summed E-state index contributed by atoms with van der Waals surface area (Å²) in [5.41, 5.74) is 5.74. The van der Waals surface area contributed by atoms with Gasteiger partial charge in [0.2, 0.25) is 14.2 Å². The van der Waals surface area contributed by atoms with Crippen molar-refractivity contribution in [3.8, 4) is 5.75 Å². The quantitative estimate of drug-likeness (QED) is 0.839. The first kappa shape index (κ1) is 13.8. The van der Waals surface area contributed by atoms with Crippen LogP contribution in [0, 0.1) is 0 Å². The van der Waals surface area contributed by atoms with E-state index in [-0.39, 0.29) is 5.04 Å². The van der Waals surface area contributed by atoms with Gasteiger partial charge in [0.1, 0.15) is 5.75 Å². The molecule has 4 heteroatoms. The van der Waals surface area contributed by atoms with Gasteiger partial charge in [-0.2, -0.15) is 0 Å². The molecule has 0 bridgehead atoms. The molecule has 0 saturated carbocycles. The minimum Gasteiger partial charge on any atom is -0.543 e. The zero-order valence-electron chi connectivity index (χ0n) is 11.2. The lowest BCUT2D eigenvalue weighted by atomic mass is 10.2. The molecule has 3 nitrogen and oxygen atoms in total. The van der Waals surface area contributed by atoms with Crippen molar-refractivity contribution in [3.63, 3.8) is 0 Å².